The van der Waals surface area contributed by atoms with Crippen LogP contribution in [0.2, 0.25) is 0 Å². The second-order valence-electron chi connectivity index (χ2n) is 7.37. The van der Waals surface area contributed by atoms with Crippen LogP contribution in [0.25, 0.3) is 28.5 Å². The molecule has 1 aliphatic heterocycles. The Morgan fingerprint density at radius 2 is 1.90 bits per heavy atom. The minimum atomic E-state index is -0.293. The van der Waals surface area contributed by atoms with Crippen LogP contribution < -0.4 is 5.32 Å². The second-order valence-corrected chi connectivity index (χ2v) is 7.37. The molecule has 0 atom stereocenters. The highest BCUT2D eigenvalue weighted by molar-refractivity contribution is 5.79. The number of anilines is 1. The van der Waals surface area contributed by atoms with Crippen LogP contribution in [0.4, 0.5) is 10.3 Å². The number of oxazole rings is 1. The normalized spacial score (nSPS) is 14.9. The molecule has 1 fully saturated rings. The number of halogens is 1. The van der Waals surface area contributed by atoms with E-state index in [4.69, 9.17) is 14.1 Å². The lowest BCUT2D eigenvalue weighted by Gasteiger charge is -2.26. The molecule has 1 N–H and O–H groups in total. The average molecular weight is 422 g/mol. The van der Waals surface area contributed by atoms with Gasteiger partial charge in [0.2, 0.25) is 5.95 Å². The van der Waals surface area contributed by atoms with Crippen molar-refractivity contribution in [2.24, 2.45) is 0 Å². The van der Waals surface area contributed by atoms with E-state index < -0.39 is 0 Å². The van der Waals surface area contributed by atoms with E-state index in [2.05, 4.69) is 20.2 Å². The monoisotopic (exact) mass is 422 g/mol. The van der Waals surface area contributed by atoms with Crippen LogP contribution in [-0.2, 0) is 4.74 Å². The van der Waals surface area contributed by atoms with Gasteiger partial charge >= 0.3 is 5.84 Å². The summed E-state index contributed by atoms with van der Waals surface area (Å²) in [6.07, 6.45) is 6.09. The number of hydrogen-bond donors (Lipinski definition) is 1. The number of morpholine rings is 1. The molecule has 1 aliphatic rings. The van der Waals surface area contributed by atoms with Gasteiger partial charge in [-0.15, -0.1) is 0 Å². The minimum Gasteiger partial charge on any atom is -0.432 e. The van der Waals surface area contributed by atoms with Crippen molar-refractivity contribution in [2.45, 2.75) is 6.42 Å². The van der Waals surface area contributed by atoms with Crippen LogP contribution in [0.15, 0.2) is 53.4 Å². The Hall–Kier alpha value is -3.30. The zero-order valence-electron chi connectivity index (χ0n) is 17.0. The van der Waals surface area contributed by atoms with Gasteiger partial charge in [0.1, 0.15) is 23.5 Å². The lowest BCUT2D eigenvalue weighted by molar-refractivity contribution is 0.0378. The Kier molecular flexibility index (Phi) is 5.59. The highest BCUT2D eigenvalue weighted by Crippen LogP contribution is 2.32. The van der Waals surface area contributed by atoms with Gasteiger partial charge in [0, 0.05) is 37.6 Å². The van der Waals surface area contributed by atoms with Crippen molar-refractivity contribution in [1.29, 1.82) is 0 Å². The first kappa shape index (κ1) is 19.7. The smallest absolute Gasteiger partial charge is 0.306 e. The summed E-state index contributed by atoms with van der Waals surface area (Å²) in [5, 5.41) is 3.31. The van der Waals surface area contributed by atoms with Crippen molar-refractivity contribution >= 4 is 11.8 Å². The van der Waals surface area contributed by atoms with E-state index in [1.807, 2.05) is 10.5 Å². The maximum atomic E-state index is 13.4. The Balaban J connectivity index is 1.36. The van der Waals surface area contributed by atoms with Crippen LogP contribution in [0.1, 0.15) is 6.42 Å². The Morgan fingerprint density at radius 3 is 2.74 bits per heavy atom. The predicted molar refractivity (Wildman–Crippen MR) is 114 cm³/mol. The average Bonchev–Trinajstić information content (AvgIpc) is 3.40. The highest BCUT2D eigenvalue weighted by atomic mass is 19.1. The number of rotatable bonds is 7. The molecule has 1 saturated heterocycles. The van der Waals surface area contributed by atoms with Gasteiger partial charge < -0.3 is 14.5 Å². The van der Waals surface area contributed by atoms with E-state index >= 15 is 0 Å². The van der Waals surface area contributed by atoms with Gasteiger partial charge in [0.15, 0.2) is 0 Å². The van der Waals surface area contributed by atoms with Gasteiger partial charge in [-0.2, -0.15) is 4.98 Å². The van der Waals surface area contributed by atoms with Gasteiger partial charge in [-0.1, -0.05) is 0 Å². The maximum absolute atomic E-state index is 13.4. The second kappa shape index (κ2) is 8.83. The molecular weight excluding hydrogens is 399 g/mol. The standard InChI is InChI=1S/C22H23FN6O2/c23-17-4-2-16(3-5-17)19-20(29-12-15-31-22(29)27-19)18-6-8-25-21(26-18)24-7-1-9-28-10-13-30-14-11-28/h2-6,8,12,15H,1,7,9-11,13-14H2,(H,24,25,26). The summed E-state index contributed by atoms with van der Waals surface area (Å²) >= 11 is 0. The lowest BCUT2D eigenvalue weighted by Crippen LogP contribution is -2.37. The molecule has 9 heteroatoms. The van der Waals surface area contributed by atoms with E-state index in [0.29, 0.717) is 23.2 Å². The van der Waals surface area contributed by atoms with Crippen molar-refractivity contribution in [3.8, 4) is 22.6 Å². The largest absolute Gasteiger partial charge is 0.432 e. The summed E-state index contributed by atoms with van der Waals surface area (Å²) in [5.74, 6) is 0.717. The third kappa shape index (κ3) is 4.28. The molecular formula is C22H23FN6O2. The SMILES string of the molecule is Fc1ccc(-c2nc3occn3c2-c2ccnc(NCCCN3CCOCC3)n2)cc1. The predicted octanol–water partition coefficient (Wildman–Crippen LogP) is 3.32. The maximum Gasteiger partial charge on any atom is 0.306 e. The topological polar surface area (TPSA) is 80.7 Å². The number of ether oxygens (including phenoxy) is 1. The van der Waals surface area contributed by atoms with Gasteiger partial charge in [0.05, 0.1) is 18.9 Å². The van der Waals surface area contributed by atoms with Crippen molar-refractivity contribution < 1.29 is 13.5 Å². The number of imidazole rings is 1. The molecule has 0 bridgehead atoms. The van der Waals surface area contributed by atoms with Crippen LogP contribution in [-0.4, -0.2) is 63.6 Å². The first-order valence-electron chi connectivity index (χ1n) is 10.4. The van der Waals surface area contributed by atoms with Crippen LogP contribution in [0.5, 0.6) is 0 Å². The van der Waals surface area contributed by atoms with Crippen molar-refractivity contribution in [3.63, 3.8) is 0 Å². The molecule has 5 rings (SSSR count). The Labute approximate surface area is 178 Å². The molecule has 31 heavy (non-hydrogen) atoms. The molecule has 0 spiro atoms. The van der Waals surface area contributed by atoms with Crippen molar-refractivity contribution in [2.75, 3.05) is 44.7 Å². The zero-order chi connectivity index (χ0) is 21.0. The van der Waals surface area contributed by atoms with E-state index in [-0.39, 0.29) is 5.82 Å². The Morgan fingerprint density at radius 1 is 1.06 bits per heavy atom. The number of nitrogens with zero attached hydrogens (tertiary/aromatic N) is 5. The van der Waals surface area contributed by atoms with Crippen molar-refractivity contribution in [3.05, 3.63) is 54.8 Å². The first-order valence-corrected chi connectivity index (χ1v) is 10.4. The quantitative estimate of drug-likeness (QED) is 0.458. The molecule has 0 amide bonds. The molecule has 0 unspecified atom stereocenters. The van der Waals surface area contributed by atoms with E-state index in [9.17, 15) is 4.39 Å². The fourth-order valence-electron chi connectivity index (χ4n) is 3.74. The Bertz CT molecular complexity index is 1150. The summed E-state index contributed by atoms with van der Waals surface area (Å²) < 4.78 is 26.1. The number of hydrogen-bond acceptors (Lipinski definition) is 7. The number of nitrogens with one attached hydrogen (secondary N) is 1. The van der Waals surface area contributed by atoms with Gasteiger partial charge in [-0.3, -0.25) is 9.30 Å². The minimum absolute atomic E-state index is 0.293. The van der Waals surface area contributed by atoms with E-state index in [0.717, 1.165) is 57.1 Å². The molecule has 0 saturated carbocycles. The van der Waals surface area contributed by atoms with Crippen LogP contribution >= 0.6 is 0 Å². The molecule has 1 aromatic carbocycles. The first-order chi connectivity index (χ1) is 15.3. The van der Waals surface area contributed by atoms with Crippen LogP contribution in [0.3, 0.4) is 0 Å². The van der Waals surface area contributed by atoms with Gasteiger partial charge in [-0.05, 0) is 43.3 Å². The third-order valence-electron chi connectivity index (χ3n) is 5.32. The van der Waals surface area contributed by atoms with Crippen LogP contribution in [0, 0.1) is 5.82 Å². The number of benzene rings is 1. The van der Waals surface area contributed by atoms with E-state index in [1.54, 1.807) is 30.8 Å². The number of fused-ring (bicyclic) bond motifs is 1. The van der Waals surface area contributed by atoms with E-state index in [1.165, 1.54) is 12.1 Å². The fraction of sp³-hybridized carbons (Fsp3) is 0.318. The lowest BCUT2D eigenvalue weighted by atomic mass is 10.1. The van der Waals surface area contributed by atoms with Crippen molar-refractivity contribution in [1.82, 2.24) is 24.3 Å². The summed E-state index contributed by atoms with van der Waals surface area (Å²) in [7, 11) is 0. The molecule has 160 valence electrons. The highest BCUT2D eigenvalue weighted by Gasteiger charge is 2.19. The third-order valence-corrected chi connectivity index (χ3v) is 5.32. The summed E-state index contributed by atoms with van der Waals surface area (Å²) in [6, 6.07) is 8.07. The summed E-state index contributed by atoms with van der Waals surface area (Å²) in [4.78, 5) is 16.0. The fourth-order valence-corrected chi connectivity index (χ4v) is 3.74. The summed E-state index contributed by atoms with van der Waals surface area (Å²) in [5.41, 5.74) is 2.94. The molecule has 4 aromatic rings. The molecule has 4 heterocycles. The molecule has 3 aromatic heterocycles. The van der Waals surface area contributed by atoms with Gasteiger partial charge in [0.25, 0.3) is 0 Å². The van der Waals surface area contributed by atoms with Gasteiger partial charge in [-0.25, -0.2) is 14.4 Å². The molecule has 8 nitrogen and oxygen atoms in total. The molecule has 0 radical (unpaired) electrons. The number of aromatic nitrogens is 4. The molecule has 0 aliphatic carbocycles. The summed E-state index contributed by atoms with van der Waals surface area (Å²) in [6.45, 7) is 5.38. The zero-order valence-corrected chi connectivity index (χ0v) is 17.0.